The zero-order valence-electron chi connectivity index (χ0n) is 31.8. The van der Waals surface area contributed by atoms with Crippen molar-refractivity contribution < 1.29 is 39.1 Å². The maximum atomic E-state index is 13.4. The molecule has 0 saturated carbocycles. The molecule has 12 heteroatoms. The molecule has 0 aromatic heterocycles. The van der Waals surface area contributed by atoms with Gasteiger partial charge in [-0.1, -0.05) is 66.7 Å². The first kappa shape index (κ1) is 39.8. The Balaban J connectivity index is 0.853. The van der Waals surface area contributed by atoms with Gasteiger partial charge in [-0.05, 0) is 95.7 Å². The second kappa shape index (κ2) is 17.8. The molecule has 298 valence electrons. The molecular weight excluding hydrogens is 713 g/mol. The quantitative estimate of drug-likeness (QED) is 0.131. The van der Waals surface area contributed by atoms with Crippen LogP contribution in [0.2, 0.25) is 0 Å². The highest BCUT2D eigenvalue weighted by Crippen LogP contribution is 2.34. The smallest absolute Gasteiger partial charge is 0.253 e. The van der Waals surface area contributed by atoms with E-state index in [0.29, 0.717) is 60.6 Å². The molecule has 3 fully saturated rings. The van der Waals surface area contributed by atoms with E-state index in [0.717, 1.165) is 49.9 Å². The lowest BCUT2D eigenvalue weighted by atomic mass is 9.88. The molecule has 0 spiro atoms. The molecule has 3 atom stereocenters. The van der Waals surface area contributed by atoms with E-state index in [9.17, 15) is 20.1 Å². The Bertz CT molecular complexity index is 1920. The van der Waals surface area contributed by atoms with E-state index in [1.165, 1.54) is 11.1 Å². The minimum absolute atomic E-state index is 0.0730. The molecule has 0 radical (unpaired) electrons. The number of carbonyl (C=O) groups is 1. The molecule has 7 N–H and O–H groups in total. The molecule has 0 bridgehead atoms. The third-order valence-corrected chi connectivity index (χ3v) is 11.3. The highest BCUT2D eigenvalue weighted by Gasteiger charge is 2.44. The molecule has 4 aromatic carbocycles. The largest absolute Gasteiger partial charge is 0.488 e. The SMILES string of the molecule is NCc1cccc(C2CCN(C(=O)c3cccc(OCC4(O)COC(O)(COc5cccc(C(O)N6CCC(c7cccc(CN)c7)CC6)c5)CO4)c3)CC2)c1. The Morgan fingerprint density at radius 2 is 1.20 bits per heavy atom. The number of aliphatic hydroxyl groups excluding tert-OH is 1. The van der Waals surface area contributed by atoms with Crippen LogP contribution in [0.1, 0.15) is 81.9 Å². The first-order valence-electron chi connectivity index (χ1n) is 19.6. The van der Waals surface area contributed by atoms with Gasteiger partial charge in [0.1, 0.15) is 44.2 Å². The molecule has 3 unspecified atom stereocenters. The Kier molecular flexibility index (Phi) is 12.7. The average Bonchev–Trinajstić information content (AvgIpc) is 3.26. The maximum absolute atomic E-state index is 13.4. The minimum Gasteiger partial charge on any atom is -0.488 e. The molecule has 3 aliphatic heterocycles. The number of aliphatic hydroxyl groups is 3. The second-order valence-corrected chi connectivity index (χ2v) is 15.3. The summed E-state index contributed by atoms with van der Waals surface area (Å²) in [5, 5.41) is 33.4. The highest BCUT2D eigenvalue weighted by atomic mass is 16.7. The number of piperidine rings is 2. The van der Waals surface area contributed by atoms with Gasteiger partial charge in [0.05, 0.1) is 0 Å². The van der Waals surface area contributed by atoms with Gasteiger partial charge in [-0.25, -0.2) is 0 Å². The van der Waals surface area contributed by atoms with Crippen molar-refractivity contribution in [1.82, 2.24) is 9.80 Å². The number of hydrogen-bond donors (Lipinski definition) is 5. The second-order valence-electron chi connectivity index (χ2n) is 15.3. The standard InChI is InChI=1S/C44H54N4O8/c45-25-31-5-1-7-35(21-31)33-13-17-47(18-14-33)41(49)37-9-3-11-39(23-37)53-27-43(51)29-56-44(52,30-55-43)28-54-40-12-4-10-38(24-40)42(50)48-19-15-34(16-20-48)36-8-2-6-32(22-36)26-46/h1-12,21-24,33-34,41,49,51-52H,13-20,25-30,45-46H2. The molecular formula is C44H54N4O8. The number of amides is 1. The van der Waals surface area contributed by atoms with Gasteiger partial charge in [0.25, 0.3) is 5.91 Å². The summed E-state index contributed by atoms with van der Waals surface area (Å²) in [4.78, 5) is 17.3. The van der Waals surface area contributed by atoms with Gasteiger partial charge >= 0.3 is 0 Å². The van der Waals surface area contributed by atoms with Gasteiger partial charge in [-0.3, -0.25) is 9.69 Å². The van der Waals surface area contributed by atoms with Gasteiger partial charge in [0.2, 0.25) is 11.6 Å². The fraction of sp³-hybridized carbons (Fsp3) is 0.432. The van der Waals surface area contributed by atoms with Crippen LogP contribution < -0.4 is 20.9 Å². The minimum atomic E-state index is -1.83. The van der Waals surface area contributed by atoms with E-state index >= 15 is 0 Å². The number of nitrogens with two attached hydrogens (primary N) is 2. The number of hydrogen-bond acceptors (Lipinski definition) is 11. The predicted molar refractivity (Wildman–Crippen MR) is 211 cm³/mol. The van der Waals surface area contributed by atoms with Crippen LogP contribution in [0.15, 0.2) is 97.1 Å². The molecule has 3 heterocycles. The van der Waals surface area contributed by atoms with E-state index in [1.54, 1.807) is 42.5 Å². The van der Waals surface area contributed by atoms with Crippen LogP contribution in [0.25, 0.3) is 0 Å². The average molecular weight is 767 g/mol. The number of benzene rings is 4. The Hall–Kier alpha value is -4.37. The van der Waals surface area contributed by atoms with Crippen molar-refractivity contribution in [3.8, 4) is 11.5 Å². The zero-order valence-corrected chi connectivity index (χ0v) is 31.8. The van der Waals surface area contributed by atoms with Crippen LogP contribution in [0.3, 0.4) is 0 Å². The Morgan fingerprint density at radius 1 is 0.696 bits per heavy atom. The third kappa shape index (κ3) is 9.77. The Morgan fingerprint density at radius 3 is 1.73 bits per heavy atom. The van der Waals surface area contributed by atoms with Crippen LogP contribution in [-0.4, -0.2) is 95.2 Å². The summed E-state index contributed by atoms with van der Waals surface area (Å²) in [7, 11) is 0. The molecule has 3 aliphatic rings. The lowest BCUT2D eigenvalue weighted by Gasteiger charge is -2.40. The van der Waals surface area contributed by atoms with Crippen LogP contribution in [-0.2, 0) is 22.6 Å². The summed E-state index contributed by atoms with van der Waals surface area (Å²) >= 11 is 0. The van der Waals surface area contributed by atoms with Crippen LogP contribution in [0.4, 0.5) is 0 Å². The van der Waals surface area contributed by atoms with Gasteiger partial charge < -0.3 is 50.6 Å². The summed E-state index contributed by atoms with van der Waals surface area (Å²) < 4.78 is 23.1. The first-order valence-corrected chi connectivity index (χ1v) is 19.6. The summed E-state index contributed by atoms with van der Waals surface area (Å²) in [6.45, 7) is 2.52. The van der Waals surface area contributed by atoms with Gasteiger partial charge in [0, 0.05) is 44.8 Å². The van der Waals surface area contributed by atoms with Crippen molar-refractivity contribution in [2.75, 3.05) is 52.6 Å². The summed E-state index contributed by atoms with van der Waals surface area (Å²) in [6.07, 6.45) is 2.81. The number of rotatable bonds is 13. The van der Waals surface area contributed by atoms with Crippen LogP contribution in [0, 0.1) is 0 Å². The topological polar surface area (TPSA) is 173 Å². The normalized spacial score (nSPS) is 23.1. The van der Waals surface area contributed by atoms with E-state index in [1.807, 2.05) is 29.2 Å². The zero-order chi connectivity index (χ0) is 39.1. The van der Waals surface area contributed by atoms with Crippen molar-refractivity contribution in [2.45, 2.75) is 68.4 Å². The fourth-order valence-corrected chi connectivity index (χ4v) is 7.85. The molecule has 12 nitrogen and oxygen atoms in total. The van der Waals surface area contributed by atoms with Crippen LogP contribution in [0.5, 0.6) is 11.5 Å². The predicted octanol–water partition coefficient (Wildman–Crippen LogP) is 4.38. The van der Waals surface area contributed by atoms with Crippen molar-refractivity contribution in [3.05, 3.63) is 130 Å². The highest BCUT2D eigenvalue weighted by molar-refractivity contribution is 5.94. The third-order valence-electron chi connectivity index (χ3n) is 11.3. The number of ether oxygens (including phenoxy) is 4. The molecule has 56 heavy (non-hydrogen) atoms. The molecule has 4 aromatic rings. The molecule has 1 amide bonds. The fourth-order valence-electron chi connectivity index (χ4n) is 7.85. The number of nitrogens with zero attached hydrogens (tertiary/aromatic N) is 2. The summed E-state index contributed by atoms with van der Waals surface area (Å²) in [5.41, 5.74) is 17.7. The first-order chi connectivity index (χ1) is 27.1. The van der Waals surface area contributed by atoms with E-state index in [-0.39, 0.29) is 32.3 Å². The number of likely N-dealkylation sites (tertiary alicyclic amines) is 2. The van der Waals surface area contributed by atoms with Crippen molar-refractivity contribution >= 4 is 5.91 Å². The maximum Gasteiger partial charge on any atom is 0.253 e. The molecule has 0 aliphatic carbocycles. The molecule has 3 saturated heterocycles. The van der Waals surface area contributed by atoms with E-state index in [2.05, 4.69) is 35.2 Å². The van der Waals surface area contributed by atoms with Crippen molar-refractivity contribution in [1.29, 1.82) is 0 Å². The summed E-state index contributed by atoms with van der Waals surface area (Å²) in [5.74, 6) is -2.07. The van der Waals surface area contributed by atoms with E-state index in [4.69, 9.17) is 30.4 Å². The van der Waals surface area contributed by atoms with Crippen molar-refractivity contribution in [2.24, 2.45) is 11.5 Å². The lowest BCUT2D eigenvalue weighted by molar-refractivity contribution is -0.374. The van der Waals surface area contributed by atoms with Gasteiger partial charge in [-0.2, -0.15) is 0 Å². The van der Waals surface area contributed by atoms with E-state index < -0.39 is 17.8 Å². The molecule has 7 rings (SSSR count). The van der Waals surface area contributed by atoms with Gasteiger partial charge in [0.15, 0.2) is 0 Å². The summed E-state index contributed by atoms with van der Waals surface area (Å²) in [6, 6.07) is 30.8. The lowest BCUT2D eigenvalue weighted by Crippen LogP contribution is -2.58. The van der Waals surface area contributed by atoms with Gasteiger partial charge in [-0.15, -0.1) is 0 Å². The number of carbonyl (C=O) groups excluding carboxylic acids is 1. The van der Waals surface area contributed by atoms with Crippen molar-refractivity contribution in [3.63, 3.8) is 0 Å². The Labute approximate surface area is 328 Å². The van der Waals surface area contributed by atoms with Crippen LogP contribution >= 0.6 is 0 Å². The monoisotopic (exact) mass is 766 g/mol.